The number of aromatic nitrogens is 2. The van der Waals surface area contributed by atoms with Crippen LogP contribution in [0, 0.1) is 11.8 Å². The summed E-state index contributed by atoms with van der Waals surface area (Å²) in [5, 5.41) is 14.3. The van der Waals surface area contributed by atoms with Gasteiger partial charge in [-0.3, -0.25) is 4.79 Å². The number of nitrogens with zero attached hydrogens (tertiary/aromatic N) is 3. The number of carbonyl (C=O) groups is 1. The number of para-hydroxylation sites is 1. The maximum atomic E-state index is 13.5. The lowest BCUT2D eigenvalue weighted by Crippen LogP contribution is -2.46. The average molecular weight is 460 g/mol. The van der Waals surface area contributed by atoms with Gasteiger partial charge in [-0.1, -0.05) is 36.3 Å². The number of allylic oxidation sites excluding steroid dienone is 1. The Morgan fingerprint density at radius 1 is 1.24 bits per heavy atom. The van der Waals surface area contributed by atoms with Crippen LogP contribution in [0.15, 0.2) is 47.7 Å². The number of hydrogen-bond acceptors (Lipinski definition) is 3. The lowest BCUT2D eigenvalue weighted by atomic mass is 9.79. The normalized spacial score (nSPS) is 23.3. The van der Waals surface area contributed by atoms with Crippen molar-refractivity contribution in [1.82, 2.24) is 14.7 Å². The van der Waals surface area contributed by atoms with E-state index in [-0.39, 0.29) is 24.3 Å². The molecule has 1 unspecified atom stereocenters. The Hall–Kier alpha value is -2.61. The Morgan fingerprint density at radius 2 is 1.97 bits per heavy atom. The van der Waals surface area contributed by atoms with Gasteiger partial charge in [-0.2, -0.15) is 18.3 Å². The van der Waals surface area contributed by atoms with Crippen molar-refractivity contribution < 1.29 is 23.1 Å². The van der Waals surface area contributed by atoms with Crippen molar-refractivity contribution >= 4 is 5.91 Å². The van der Waals surface area contributed by atoms with Crippen LogP contribution in [0.3, 0.4) is 0 Å². The first-order valence-electron chi connectivity index (χ1n) is 11.6. The molecule has 33 heavy (non-hydrogen) atoms. The van der Waals surface area contributed by atoms with E-state index in [1.165, 1.54) is 10.5 Å². The highest BCUT2D eigenvalue weighted by Crippen LogP contribution is 2.48. The second kappa shape index (κ2) is 8.31. The Kier molecular flexibility index (Phi) is 5.59. The molecular weight excluding hydrogens is 431 g/mol. The number of halogens is 3. The van der Waals surface area contributed by atoms with Crippen LogP contribution < -0.4 is 0 Å². The Morgan fingerprint density at radius 3 is 2.64 bits per heavy atom. The van der Waals surface area contributed by atoms with Gasteiger partial charge in [0.1, 0.15) is 0 Å². The SMILES string of the molecule is C[C@@H]1C2=C(CC[C@H]2C(=O)N(CC2CC2)CC(O)C(F)(F)F)Cc2c1cnn2-c1ccccc1. The topological polar surface area (TPSA) is 58.4 Å². The number of aliphatic hydroxyl groups excluding tert-OH is 1. The lowest BCUT2D eigenvalue weighted by molar-refractivity contribution is -0.208. The van der Waals surface area contributed by atoms with Crippen molar-refractivity contribution in [2.75, 3.05) is 13.1 Å². The number of fused-ring (bicyclic) bond motifs is 1. The Bertz CT molecular complexity index is 1070. The van der Waals surface area contributed by atoms with Gasteiger partial charge in [0.05, 0.1) is 30.0 Å². The lowest BCUT2D eigenvalue weighted by Gasteiger charge is -2.32. The van der Waals surface area contributed by atoms with Crippen LogP contribution in [0.25, 0.3) is 5.69 Å². The smallest absolute Gasteiger partial charge is 0.382 e. The highest BCUT2D eigenvalue weighted by atomic mass is 19.4. The van der Waals surface area contributed by atoms with Gasteiger partial charge in [0.2, 0.25) is 5.91 Å². The first-order chi connectivity index (χ1) is 15.7. The molecule has 0 radical (unpaired) electrons. The van der Waals surface area contributed by atoms with Crippen molar-refractivity contribution in [2.45, 2.75) is 57.2 Å². The van der Waals surface area contributed by atoms with E-state index in [1.807, 2.05) is 41.2 Å². The molecular formula is C25H28F3N3O2. The van der Waals surface area contributed by atoms with Crippen LogP contribution in [-0.2, 0) is 11.2 Å². The van der Waals surface area contributed by atoms with Gasteiger partial charge in [0.15, 0.2) is 6.10 Å². The number of alkyl halides is 3. The fourth-order valence-corrected chi connectivity index (χ4v) is 5.41. The van der Waals surface area contributed by atoms with E-state index in [0.717, 1.165) is 41.8 Å². The largest absolute Gasteiger partial charge is 0.416 e. The summed E-state index contributed by atoms with van der Waals surface area (Å²) in [4.78, 5) is 14.8. The summed E-state index contributed by atoms with van der Waals surface area (Å²) in [6, 6.07) is 9.90. The summed E-state index contributed by atoms with van der Waals surface area (Å²) in [7, 11) is 0. The summed E-state index contributed by atoms with van der Waals surface area (Å²) in [5.74, 6) is -0.486. The number of rotatable bonds is 6. The van der Waals surface area contributed by atoms with E-state index >= 15 is 0 Å². The van der Waals surface area contributed by atoms with Crippen molar-refractivity contribution in [3.63, 3.8) is 0 Å². The number of benzene rings is 1. The van der Waals surface area contributed by atoms with Crippen LogP contribution in [0.2, 0.25) is 0 Å². The van der Waals surface area contributed by atoms with Crippen LogP contribution in [0.5, 0.6) is 0 Å². The molecule has 3 atom stereocenters. The molecule has 8 heteroatoms. The molecule has 1 fully saturated rings. The van der Waals surface area contributed by atoms with Crippen LogP contribution in [0.4, 0.5) is 13.2 Å². The average Bonchev–Trinajstić information content (AvgIpc) is 3.33. The molecule has 5 rings (SSSR count). The van der Waals surface area contributed by atoms with Gasteiger partial charge in [-0.15, -0.1) is 0 Å². The van der Waals surface area contributed by atoms with Crippen molar-refractivity contribution in [3.8, 4) is 5.69 Å². The van der Waals surface area contributed by atoms with Crippen molar-refractivity contribution in [3.05, 3.63) is 58.9 Å². The zero-order valence-corrected chi connectivity index (χ0v) is 18.6. The van der Waals surface area contributed by atoms with E-state index in [0.29, 0.717) is 12.8 Å². The minimum absolute atomic E-state index is 0.0204. The maximum absolute atomic E-state index is 13.5. The summed E-state index contributed by atoms with van der Waals surface area (Å²) in [6.07, 6.45) is -1.50. The number of hydrogen-bond donors (Lipinski definition) is 1. The van der Waals surface area contributed by atoms with Gasteiger partial charge in [-0.05, 0) is 43.7 Å². The third kappa shape index (κ3) is 4.21. The van der Waals surface area contributed by atoms with Gasteiger partial charge in [0, 0.05) is 24.4 Å². The minimum Gasteiger partial charge on any atom is -0.382 e. The Labute approximate surface area is 190 Å². The molecule has 0 saturated heterocycles. The monoisotopic (exact) mass is 459 g/mol. The summed E-state index contributed by atoms with van der Waals surface area (Å²) in [6.45, 7) is 1.66. The van der Waals surface area contributed by atoms with Crippen molar-refractivity contribution in [2.24, 2.45) is 11.8 Å². The fraction of sp³-hybridized carbons (Fsp3) is 0.520. The van der Waals surface area contributed by atoms with Crippen LogP contribution in [-0.4, -0.2) is 51.1 Å². The third-order valence-corrected chi connectivity index (χ3v) is 7.29. The summed E-state index contributed by atoms with van der Waals surface area (Å²) >= 11 is 0. The molecule has 3 aliphatic carbocycles. The summed E-state index contributed by atoms with van der Waals surface area (Å²) < 4.78 is 41.1. The highest BCUT2D eigenvalue weighted by Gasteiger charge is 2.45. The van der Waals surface area contributed by atoms with E-state index < -0.39 is 24.7 Å². The second-order valence-electron chi connectivity index (χ2n) is 9.59. The molecule has 1 heterocycles. The Balaban J connectivity index is 1.40. The predicted molar refractivity (Wildman–Crippen MR) is 117 cm³/mol. The van der Waals surface area contributed by atoms with Gasteiger partial charge < -0.3 is 10.0 Å². The standard InChI is InChI=1S/C25H28F3N3O2/c1-15-20-12-29-31(18-5-3-2-4-6-18)21(20)11-17-9-10-19(23(15)17)24(33)30(13-16-7-8-16)14-22(32)25(26,27)28/h2-6,12,15-16,19,22,32H,7-11,13-14H2,1H3/t15-,19+,22?/m0/s1. The zero-order chi connectivity index (χ0) is 23.3. The zero-order valence-electron chi connectivity index (χ0n) is 18.6. The van der Waals surface area contributed by atoms with E-state index in [2.05, 4.69) is 12.0 Å². The molecule has 1 amide bonds. The van der Waals surface area contributed by atoms with E-state index in [4.69, 9.17) is 0 Å². The molecule has 0 aliphatic heterocycles. The first kappa shape index (κ1) is 22.2. The van der Waals surface area contributed by atoms with Crippen molar-refractivity contribution in [1.29, 1.82) is 0 Å². The predicted octanol–water partition coefficient (Wildman–Crippen LogP) is 4.40. The second-order valence-corrected chi connectivity index (χ2v) is 9.59. The minimum atomic E-state index is -4.73. The third-order valence-electron chi connectivity index (χ3n) is 7.29. The summed E-state index contributed by atoms with van der Waals surface area (Å²) in [5.41, 5.74) is 5.41. The molecule has 1 N–H and O–H groups in total. The number of aliphatic hydroxyl groups is 1. The fourth-order valence-electron chi connectivity index (χ4n) is 5.41. The molecule has 1 saturated carbocycles. The molecule has 176 valence electrons. The number of carbonyl (C=O) groups excluding carboxylic acids is 1. The van der Waals surface area contributed by atoms with Gasteiger partial charge in [-0.25, -0.2) is 4.68 Å². The molecule has 0 spiro atoms. The molecule has 1 aromatic heterocycles. The molecule has 0 bridgehead atoms. The quantitative estimate of drug-likeness (QED) is 0.652. The maximum Gasteiger partial charge on any atom is 0.416 e. The van der Waals surface area contributed by atoms with E-state index in [9.17, 15) is 23.1 Å². The number of amides is 1. The first-order valence-corrected chi connectivity index (χ1v) is 11.6. The molecule has 2 aromatic rings. The van der Waals surface area contributed by atoms with Gasteiger partial charge in [0.25, 0.3) is 0 Å². The van der Waals surface area contributed by atoms with Gasteiger partial charge >= 0.3 is 6.18 Å². The molecule has 1 aromatic carbocycles. The molecule has 3 aliphatic rings. The molecule has 5 nitrogen and oxygen atoms in total. The van der Waals surface area contributed by atoms with Crippen LogP contribution >= 0.6 is 0 Å². The van der Waals surface area contributed by atoms with Crippen LogP contribution in [0.1, 0.15) is 49.8 Å². The van der Waals surface area contributed by atoms with E-state index in [1.54, 1.807) is 0 Å². The highest BCUT2D eigenvalue weighted by molar-refractivity contribution is 5.83.